The van der Waals surface area contributed by atoms with E-state index in [9.17, 15) is 15.3 Å². The summed E-state index contributed by atoms with van der Waals surface area (Å²) < 4.78 is 10.1. The topological polar surface area (TPSA) is 99.4 Å². The van der Waals surface area contributed by atoms with E-state index in [1.165, 1.54) is 0 Å². The summed E-state index contributed by atoms with van der Waals surface area (Å²) in [5.41, 5.74) is 0. The van der Waals surface area contributed by atoms with E-state index in [1.54, 1.807) is 0 Å². The second kappa shape index (κ2) is 7.48. The minimum absolute atomic E-state index is 0.316. The smallest absolute Gasteiger partial charge is 0.184 e. The third kappa shape index (κ3) is 4.03. The Morgan fingerprint density at radius 3 is 2.41 bits per heavy atom. The molecule has 7 heteroatoms. The van der Waals surface area contributed by atoms with Crippen LogP contribution >= 0.6 is 11.6 Å². The number of rotatable bonds is 6. The van der Waals surface area contributed by atoms with E-state index in [0.29, 0.717) is 18.9 Å². The number of unbranched alkanes of at least 4 members (excludes halogenated alkanes) is 1. The fourth-order valence-electron chi connectivity index (χ4n) is 1.68. The van der Waals surface area contributed by atoms with Crippen LogP contribution in [0.4, 0.5) is 0 Å². The van der Waals surface area contributed by atoms with Crippen molar-refractivity contribution in [1.29, 1.82) is 0 Å². The molecule has 0 saturated carbocycles. The fourth-order valence-corrected chi connectivity index (χ4v) is 1.87. The summed E-state index contributed by atoms with van der Waals surface area (Å²) in [6.07, 6.45) is -4.42. The number of aliphatic hydroxyl groups excluding tert-OH is 4. The van der Waals surface area contributed by atoms with Crippen molar-refractivity contribution in [3.05, 3.63) is 0 Å². The first kappa shape index (κ1) is 15.1. The molecule has 0 spiro atoms. The van der Waals surface area contributed by atoms with Crippen LogP contribution in [0.15, 0.2) is 0 Å². The SMILES string of the molecule is OC[C@H]1O[C@H](O)[C@H](O)[C@@H](OCCCCCl)[C@@H]1O. The molecule has 102 valence electrons. The first-order chi connectivity index (χ1) is 8.11. The predicted molar refractivity (Wildman–Crippen MR) is 59.7 cm³/mol. The predicted octanol–water partition coefficient (Wildman–Crippen LogP) is -1.18. The molecule has 1 heterocycles. The van der Waals surface area contributed by atoms with Gasteiger partial charge < -0.3 is 29.9 Å². The van der Waals surface area contributed by atoms with Crippen LogP contribution in [0.1, 0.15) is 12.8 Å². The maximum absolute atomic E-state index is 9.77. The molecule has 0 aromatic carbocycles. The Bertz CT molecular complexity index is 217. The van der Waals surface area contributed by atoms with Gasteiger partial charge in [-0.2, -0.15) is 0 Å². The van der Waals surface area contributed by atoms with Crippen LogP contribution in [0, 0.1) is 0 Å². The second-order valence-corrected chi connectivity index (χ2v) is 4.34. The average Bonchev–Trinajstić information content (AvgIpc) is 2.33. The van der Waals surface area contributed by atoms with Gasteiger partial charge in [-0.3, -0.25) is 0 Å². The highest BCUT2D eigenvalue weighted by molar-refractivity contribution is 6.17. The summed E-state index contributed by atoms with van der Waals surface area (Å²) in [7, 11) is 0. The third-order valence-electron chi connectivity index (χ3n) is 2.68. The van der Waals surface area contributed by atoms with E-state index in [-0.39, 0.29) is 0 Å². The van der Waals surface area contributed by atoms with Crippen LogP contribution in [0.3, 0.4) is 0 Å². The van der Waals surface area contributed by atoms with Crippen molar-refractivity contribution >= 4 is 11.6 Å². The summed E-state index contributed by atoms with van der Waals surface area (Å²) in [6, 6.07) is 0. The van der Waals surface area contributed by atoms with Crippen molar-refractivity contribution < 1.29 is 29.9 Å². The van der Waals surface area contributed by atoms with Gasteiger partial charge in [-0.05, 0) is 12.8 Å². The molecule has 0 amide bonds. The lowest BCUT2D eigenvalue weighted by Crippen LogP contribution is -2.59. The molecule has 0 bridgehead atoms. The highest BCUT2D eigenvalue weighted by Gasteiger charge is 2.44. The summed E-state index contributed by atoms with van der Waals surface area (Å²) in [5.74, 6) is 0.518. The van der Waals surface area contributed by atoms with Gasteiger partial charge in [0.15, 0.2) is 6.29 Å². The Labute approximate surface area is 105 Å². The summed E-state index contributed by atoms with van der Waals surface area (Å²) in [4.78, 5) is 0. The molecule has 0 radical (unpaired) electrons. The van der Waals surface area contributed by atoms with Gasteiger partial charge in [-0.15, -0.1) is 11.6 Å². The molecule has 0 unspecified atom stereocenters. The standard InChI is InChI=1S/C10H19ClO6/c11-3-1-2-4-16-9-7(13)6(5-12)17-10(15)8(9)14/h6-10,12-15H,1-5H2/t6-,7-,8-,9+,10+/m1/s1. The Kier molecular flexibility index (Phi) is 6.65. The van der Waals surface area contributed by atoms with Crippen molar-refractivity contribution in [1.82, 2.24) is 0 Å². The van der Waals surface area contributed by atoms with Gasteiger partial charge >= 0.3 is 0 Å². The molecule has 1 aliphatic heterocycles. The Hall–Kier alpha value is 0.0500. The van der Waals surface area contributed by atoms with Crippen LogP contribution in [0.25, 0.3) is 0 Å². The van der Waals surface area contributed by atoms with Crippen molar-refractivity contribution in [2.45, 2.75) is 43.5 Å². The quantitative estimate of drug-likeness (QED) is 0.358. The lowest BCUT2D eigenvalue weighted by Gasteiger charge is -2.39. The van der Waals surface area contributed by atoms with Crippen LogP contribution in [0.2, 0.25) is 0 Å². The number of hydrogen-bond donors (Lipinski definition) is 4. The zero-order valence-corrected chi connectivity index (χ0v) is 10.2. The zero-order valence-electron chi connectivity index (χ0n) is 9.41. The first-order valence-corrected chi connectivity index (χ1v) is 6.13. The van der Waals surface area contributed by atoms with Crippen molar-refractivity contribution in [3.63, 3.8) is 0 Å². The van der Waals surface area contributed by atoms with Crippen molar-refractivity contribution in [2.75, 3.05) is 19.1 Å². The van der Waals surface area contributed by atoms with Gasteiger partial charge in [0.2, 0.25) is 0 Å². The van der Waals surface area contributed by atoms with Gasteiger partial charge in [-0.25, -0.2) is 0 Å². The van der Waals surface area contributed by atoms with E-state index in [2.05, 4.69) is 0 Å². The van der Waals surface area contributed by atoms with E-state index in [1.807, 2.05) is 0 Å². The minimum Gasteiger partial charge on any atom is -0.394 e. The van der Waals surface area contributed by atoms with E-state index >= 15 is 0 Å². The Morgan fingerprint density at radius 1 is 1.12 bits per heavy atom. The molecular formula is C10H19ClO6. The van der Waals surface area contributed by atoms with Crippen molar-refractivity contribution in [2.24, 2.45) is 0 Å². The summed E-state index contributed by atoms with van der Waals surface area (Å²) >= 11 is 5.50. The number of hydrogen-bond acceptors (Lipinski definition) is 6. The molecule has 1 rings (SSSR count). The fraction of sp³-hybridized carbons (Fsp3) is 1.00. The maximum atomic E-state index is 9.77. The van der Waals surface area contributed by atoms with Crippen molar-refractivity contribution in [3.8, 4) is 0 Å². The first-order valence-electron chi connectivity index (χ1n) is 5.60. The van der Waals surface area contributed by atoms with Crippen LogP contribution in [-0.2, 0) is 9.47 Å². The molecule has 5 atom stereocenters. The zero-order chi connectivity index (χ0) is 12.8. The van der Waals surface area contributed by atoms with Gasteiger partial charge in [0.05, 0.1) is 6.61 Å². The van der Waals surface area contributed by atoms with E-state index in [0.717, 1.165) is 6.42 Å². The highest BCUT2D eigenvalue weighted by atomic mass is 35.5. The summed E-state index contributed by atoms with van der Waals surface area (Å²) in [6.45, 7) is -0.136. The van der Waals surface area contributed by atoms with Gasteiger partial charge in [0, 0.05) is 12.5 Å². The molecular weight excluding hydrogens is 252 g/mol. The van der Waals surface area contributed by atoms with Crippen LogP contribution in [-0.4, -0.2) is 70.2 Å². The molecule has 0 aliphatic carbocycles. The van der Waals surface area contributed by atoms with Gasteiger partial charge in [0.1, 0.15) is 24.4 Å². The number of aliphatic hydroxyl groups is 4. The monoisotopic (exact) mass is 270 g/mol. The lowest BCUT2D eigenvalue weighted by atomic mass is 9.99. The number of halogens is 1. The molecule has 0 aromatic rings. The molecule has 1 saturated heterocycles. The minimum atomic E-state index is -1.46. The van der Waals surface area contributed by atoms with Gasteiger partial charge in [-0.1, -0.05) is 0 Å². The largest absolute Gasteiger partial charge is 0.394 e. The van der Waals surface area contributed by atoms with Crippen LogP contribution < -0.4 is 0 Å². The average molecular weight is 271 g/mol. The molecule has 4 N–H and O–H groups in total. The van der Waals surface area contributed by atoms with Gasteiger partial charge in [0.25, 0.3) is 0 Å². The lowest BCUT2D eigenvalue weighted by molar-refractivity contribution is -0.294. The third-order valence-corrected chi connectivity index (χ3v) is 2.95. The molecule has 6 nitrogen and oxygen atoms in total. The molecule has 17 heavy (non-hydrogen) atoms. The Morgan fingerprint density at radius 2 is 1.82 bits per heavy atom. The number of alkyl halides is 1. The normalized spacial score (nSPS) is 38.3. The molecule has 1 fully saturated rings. The second-order valence-electron chi connectivity index (χ2n) is 3.96. The van der Waals surface area contributed by atoms with Crippen LogP contribution in [0.5, 0.6) is 0 Å². The maximum Gasteiger partial charge on any atom is 0.184 e. The molecule has 1 aliphatic rings. The van der Waals surface area contributed by atoms with E-state index in [4.69, 9.17) is 26.2 Å². The Balaban J connectivity index is 2.47. The highest BCUT2D eigenvalue weighted by Crippen LogP contribution is 2.22. The summed E-state index contributed by atoms with van der Waals surface area (Å²) in [5, 5.41) is 37.7. The van der Waals surface area contributed by atoms with E-state index < -0.39 is 37.3 Å². The molecule has 0 aromatic heterocycles. The number of ether oxygens (including phenoxy) is 2.